The second kappa shape index (κ2) is 6.57. The van der Waals surface area contributed by atoms with Gasteiger partial charge >= 0.3 is 0 Å². The molecule has 0 saturated carbocycles. The van der Waals surface area contributed by atoms with Gasteiger partial charge in [0.2, 0.25) is 0 Å². The second-order valence-electron chi connectivity index (χ2n) is 5.11. The van der Waals surface area contributed by atoms with Crippen molar-refractivity contribution >= 4 is 11.6 Å². The second-order valence-corrected chi connectivity index (χ2v) is 5.11. The molecule has 1 saturated heterocycles. The largest absolute Gasteiger partial charge is 0.369 e. The van der Waals surface area contributed by atoms with Crippen molar-refractivity contribution in [1.29, 1.82) is 0 Å². The maximum Gasteiger partial charge on any atom is 0.196 e. The normalized spacial score (nSPS) is 20.7. The molecule has 1 aliphatic rings. The molecule has 1 aliphatic heterocycles. The van der Waals surface area contributed by atoms with Crippen molar-refractivity contribution in [1.82, 2.24) is 9.80 Å². The first-order valence-corrected chi connectivity index (χ1v) is 7.05. The molecule has 1 aromatic rings. The van der Waals surface area contributed by atoms with Crippen LogP contribution in [-0.2, 0) is 0 Å². The molecule has 4 nitrogen and oxygen atoms in total. The van der Waals surface area contributed by atoms with Crippen LogP contribution in [0.15, 0.2) is 35.3 Å². The van der Waals surface area contributed by atoms with Gasteiger partial charge in [-0.1, -0.05) is 25.1 Å². The highest BCUT2D eigenvalue weighted by molar-refractivity contribution is 5.80. The lowest BCUT2D eigenvalue weighted by molar-refractivity contribution is 0.234. The van der Waals surface area contributed by atoms with Crippen LogP contribution in [0.5, 0.6) is 0 Å². The number of hydrogen-bond donors (Lipinski definition) is 1. The van der Waals surface area contributed by atoms with Gasteiger partial charge in [-0.3, -0.25) is 4.90 Å². The summed E-state index contributed by atoms with van der Waals surface area (Å²) >= 11 is 0. The molecule has 19 heavy (non-hydrogen) atoms. The minimum absolute atomic E-state index is 0.592. The minimum atomic E-state index is 0.592. The Bertz CT molecular complexity index is 415. The van der Waals surface area contributed by atoms with E-state index in [1.165, 1.54) is 19.4 Å². The van der Waals surface area contributed by atoms with Crippen LogP contribution in [0, 0.1) is 0 Å². The van der Waals surface area contributed by atoms with E-state index in [0.717, 1.165) is 18.8 Å². The first kappa shape index (κ1) is 13.9. The first-order valence-electron chi connectivity index (χ1n) is 7.05. The zero-order valence-corrected chi connectivity index (χ0v) is 11.9. The van der Waals surface area contributed by atoms with Crippen LogP contribution >= 0.6 is 0 Å². The van der Waals surface area contributed by atoms with Crippen molar-refractivity contribution in [2.24, 2.45) is 10.7 Å². The molecule has 0 aliphatic carbocycles. The first-order chi connectivity index (χ1) is 9.20. The van der Waals surface area contributed by atoms with Crippen molar-refractivity contribution in [3.63, 3.8) is 0 Å². The summed E-state index contributed by atoms with van der Waals surface area (Å²) in [5, 5.41) is 0. The molecule has 4 heteroatoms. The maximum atomic E-state index is 6.07. The molecule has 0 aromatic heterocycles. The van der Waals surface area contributed by atoms with Crippen molar-refractivity contribution < 1.29 is 0 Å². The quantitative estimate of drug-likeness (QED) is 0.665. The molecule has 0 bridgehead atoms. The topological polar surface area (TPSA) is 44.9 Å². The lowest BCUT2D eigenvalue weighted by atomic mass is 10.2. The predicted molar refractivity (Wildman–Crippen MR) is 80.6 cm³/mol. The summed E-state index contributed by atoms with van der Waals surface area (Å²) in [6, 6.07) is 10.5. The summed E-state index contributed by atoms with van der Waals surface area (Å²) in [6.45, 7) is 5.51. The maximum absolute atomic E-state index is 6.07. The average Bonchev–Trinajstić information content (AvgIpc) is 2.87. The molecule has 1 aromatic carbocycles. The monoisotopic (exact) mass is 260 g/mol. The average molecular weight is 260 g/mol. The van der Waals surface area contributed by atoms with Gasteiger partial charge in [0.15, 0.2) is 5.96 Å². The molecule has 1 atom stereocenters. The molecule has 1 unspecified atom stereocenters. The number of rotatable bonds is 4. The number of likely N-dealkylation sites (tertiary alicyclic amines) is 1. The summed E-state index contributed by atoms with van der Waals surface area (Å²) in [4.78, 5) is 9.04. The number of hydrogen-bond acceptors (Lipinski definition) is 2. The van der Waals surface area contributed by atoms with Crippen LogP contribution in [0.1, 0.15) is 19.8 Å². The van der Waals surface area contributed by atoms with Gasteiger partial charge in [0.05, 0.1) is 5.69 Å². The summed E-state index contributed by atoms with van der Waals surface area (Å²) < 4.78 is 0. The van der Waals surface area contributed by atoms with Crippen LogP contribution in [0.2, 0.25) is 0 Å². The van der Waals surface area contributed by atoms with Crippen molar-refractivity contribution in [3.8, 4) is 0 Å². The van der Waals surface area contributed by atoms with Gasteiger partial charge in [-0.15, -0.1) is 0 Å². The van der Waals surface area contributed by atoms with Crippen molar-refractivity contribution in [2.75, 3.05) is 26.7 Å². The van der Waals surface area contributed by atoms with E-state index >= 15 is 0 Å². The Morgan fingerprint density at radius 1 is 1.42 bits per heavy atom. The molecule has 1 fully saturated rings. The third-order valence-electron chi connectivity index (χ3n) is 3.78. The molecule has 0 radical (unpaired) electrons. The Balaban J connectivity index is 1.96. The van der Waals surface area contributed by atoms with E-state index in [2.05, 4.69) is 21.7 Å². The zero-order valence-electron chi connectivity index (χ0n) is 11.9. The lowest BCUT2D eigenvalue weighted by Gasteiger charge is -2.28. The third-order valence-corrected chi connectivity index (χ3v) is 3.78. The molecule has 2 rings (SSSR count). The highest BCUT2D eigenvalue weighted by Gasteiger charge is 2.24. The van der Waals surface area contributed by atoms with E-state index in [1.807, 2.05) is 37.4 Å². The fraction of sp³-hybridized carbons (Fsp3) is 0.533. The molecule has 2 N–H and O–H groups in total. The Morgan fingerprint density at radius 2 is 2.16 bits per heavy atom. The number of nitrogens with two attached hydrogens (primary N) is 1. The molecule has 1 heterocycles. The Hall–Kier alpha value is -1.55. The Kier molecular flexibility index (Phi) is 4.80. The van der Waals surface area contributed by atoms with Crippen LogP contribution in [-0.4, -0.2) is 48.5 Å². The molecular weight excluding hydrogens is 236 g/mol. The van der Waals surface area contributed by atoms with E-state index in [-0.39, 0.29) is 0 Å². The van der Waals surface area contributed by atoms with Gasteiger partial charge in [0.25, 0.3) is 0 Å². The smallest absolute Gasteiger partial charge is 0.196 e. The number of aliphatic imine (C=N–C) groups is 1. The molecule has 0 amide bonds. The van der Waals surface area contributed by atoms with Crippen molar-refractivity contribution in [2.45, 2.75) is 25.8 Å². The highest BCUT2D eigenvalue weighted by atomic mass is 15.3. The third kappa shape index (κ3) is 3.70. The van der Waals surface area contributed by atoms with Crippen molar-refractivity contribution in [3.05, 3.63) is 30.3 Å². The Morgan fingerprint density at radius 3 is 2.84 bits per heavy atom. The van der Waals surface area contributed by atoms with Gasteiger partial charge in [-0.05, 0) is 38.1 Å². The van der Waals surface area contributed by atoms with Gasteiger partial charge in [0, 0.05) is 19.6 Å². The van der Waals surface area contributed by atoms with E-state index < -0.39 is 0 Å². The van der Waals surface area contributed by atoms with Crippen LogP contribution in [0.4, 0.5) is 5.69 Å². The van der Waals surface area contributed by atoms with Gasteiger partial charge < -0.3 is 10.6 Å². The fourth-order valence-electron chi connectivity index (χ4n) is 2.65. The van der Waals surface area contributed by atoms with E-state index in [0.29, 0.717) is 12.0 Å². The molecule has 104 valence electrons. The fourth-order valence-corrected chi connectivity index (χ4v) is 2.65. The number of para-hydroxylation sites is 1. The number of nitrogens with zero attached hydrogens (tertiary/aromatic N) is 3. The highest BCUT2D eigenvalue weighted by Crippen LogP contribution is 2.17. The number of benzene rings is 1. The summed E-state index contributed by atoms with van der Waals surface area (Å²) in [7, 11) is 2.02. The van der Waals surface area contributed by atoms with E-state index in [9.17, 15) is 0 Å². The van der Waals surface area contributed by atoms with Gasteiger partial charge in [0.1, 0.15) is 0 Å². The van der Waals surface area contributed by atoms with Gasteiger partial charge in [-0.2, -0.15) is 0 Å². The standard InChI is InChI=1S/C15H24N4/c1-3-19-11-7-10-14(19)12-18(2)15(16)17-13-8-5-4-6-9-13/h4-6,8-9,14H,3,7,10-12H2,1-2H3,(H2,16,17). The molecular formula is C15H24N4. The Labute approximate surface area is 115 Å². The summed E-state index contributed by atoms with van der Waals surface area (Å²) in [5.41, 5.74) is 6.98. The zero-order chi connectivity index (χ0) is 13.7. The lowest BCUT2D eigenvalue weighted by Crippen LogP contribution is -2.43. The summed E-state index contributed by atoms with van der Waals surface area (Å²) in [5.74, 6) is 0.592. The number of likely N-dealkylation sites (N-methyl/N-ethyl adjacent to an activating group) is 2. The number of guanidine groups is 1. The predicted octanol–water partition coefficient (Wildman–Crippen LogP) is 2.05. The minimum Gasteiger partial charge on any atom is -0.369 e. The van der Waals surface area contributed by atoms with Crippen LogP contribution in [0.3, 0.4) is 0 Å². The van der Waals surface area contributed by atoms with Gasteiger partial charge in [-0.25, -0.2) is 4.99 Å². The van der Waals surface area contributed by atoms with E-state index in [1.54, 1.807) is 0 Å². The van der Waals surface area contributed by atoms with Crippen LogP contribution < -0.4 is 5.73 Å². The SMILES string of the molecule is CCN1CCCC1CN(C)C(N)=Nc1ccccc1. The van der Waals surface area contributed by atoms with Crippen LogP contribution in [0.25, 0.3) is 0 Å². The van der Waals surface area contributed by atoms with E-state index in [4.69, 9.17) is 5.73 Å². The molecule has 0 spiro atoms. The summed E-state index contributed by atoms with van der Waals surface area (Å²) in [6.07, 6.45) is 2.55.